The SMILES string of the molecule is CCC(C)(C)/C=C/C=O. The number of rotatable bonds is 3. The monoisotopic (exact) mass is 126 g/mol. The van der Waals surface area contributed by atoms with Gasteiger partial charge in [-0.1, -0.05) is 26.8 Å². The molecule has 1 nitrogen and oxygen atoms in total. The van der Waals surface area contributed by atoms with Crippen molar-refractivity contribution in [3.8, 4) is 0 Å². The van der Waals surface area contributed by atoms with Crippen molar-refractivity contribution in [3.05, 3.63) is 12.2 Å². The van der Waals surface area contributed by atoms with Crippen LogP contribution in [0.25, 0.3) is 0 Å². The van der Waals surface area contributed by atoms with Gasteiger partial charge in [0.1, 0.15) is 6.29 Å². The number of hydrogen-bond acceptors (Lipinski definition) is 1. The van der Waals surface area contributed by atoms with Crippen LogP contribution in [0, 0.1) is 5.41 Å². The summed E-state index contributed by atoms with van der Waals surface area (Å²) in [4.78, 5) is 9.88. The summed E-state index contributed by atoms with van der Waals surface area (Å²) in [5.74, 6) is 0. The molecule has 0 heterocycles. The Morgan fingerprint density at radius 1 is 1.44 bits per heavy atom. The van der Waals surface area contributed by atoms with E-state index in [-0.39, 0.29) is 5.41 Å². The molecule has 0 aromatic heterocycles. The molecule has 0 aliphatic rings. The fourth-order valence-electron chi connectivity index (χ4n) is 0.418. The van der Waals surface area contributed by atoms with Crippen molar-refractivity contribution in [1.29, 1.82) is 0 Å². The number of hydrogen-bond donors (Lipinski definition) is 0. The lowest BCUT2D eigenvalue weighted by atomic mass is 9.90. The molecule has 0 atom stereocenters. The maximum Gasteiger partial charge on any atom is 0.142 e. The summed E-state index contributed by atoms with van der Waals surface area (Å²) in [7, 11) is 0. The average Bonchev–Trinajstić information content (AvgIpc) is 1.84. The molecule has 0 saturated carbocycles. The van der Waals surface area contributed by atoms with Crippen LogP contribution in [0.3, 0.4) is 0 Å². The van der Waals surface area contributed by atoms with Crippen molar-refractivity contribution in [2.45, 2.75) is 27.2 Å². The number of aldehydes is 1. The standard InChI is InChI=1S/C8H14O/c1-4-8(2,3)6-5-7-9/h5-7H,4H2,1-3H3/b6-5+. The molecule has 1 heteroatoms. The molecule has 0 aliphatic carbocycles. The van der Waals surface area contributed by atoms with E-state index < -0.39 is 0 Å². The molecule has 0 bridgehead atoms. The van der Waals surface area contributed by atoms with E-state index in [1.807, 2.05) is 6.08 Å². The third-order valence-corrected chi connectivity index (χ3v) is 1.54. The predicted molar refractivity (Wildman–Crippen MR) is 39.3 cm³/mol. The van der Waals surface area contributed by atoms with Crippen LogP contribution in [-0.4, -0.2) is 6.29 Å². The molecular weight excluding hydrogens is 112 g/mol. The van der Waals surface area contributed by atoms with Gasteiger partial charge in [-0.15, -0.1) is 0 Å². The van der Waals surface area contributed by atoms with Gasteiger partial charge in [0, 0.05) is 0 Å². The van der Waals surface area contributed by atoms with E-state index >= 15 is 0 Å². The van der Waals surface area contributed by atoms with Gasteiger partial charge in [0.05, 0.1) is 0 Å². The molecule has 0 amide bonds. The van der Waals surface area contributed by atoms with Gasteiger partial charge >= 0.3 is 0 Å². The Hall–Kier alpha value is -0.590. The maximum atomic E-state index is 9.88. The molecule has 9 heavy (non-hydrogen) atoms. The molecule has 0 aromatic carbocycles. The lowest BCUT2D eigenvalue weighted by Crippen LogP contribution is -2.03. The van der Waals surface area contributed by atoms with Gasteiger partial charge in [-0.2, -0.15) is 0 Å². The molecule has 0 aliphatic heterocycles. The minimum atomic E-state index is 0.181. The van der Waals surface area contributed by atoms with Crippen LogP contribution in [0.15, 0.2) is 12.2 Å². The molecule has 0 spiro atoms. The van der Waals surface area contributed by atoms with E-state index in [2.05, 4.69) is 20.8 Å². The molecule has 52 valence electrons. The van der Waals surface area contributed by atoms with Gasteiger partial charge in [-0.3, -0.25) is 4.79 Å². The molecule has 0 N–H and O–H groups in total. The summed E-state index contributed by atoms with van der Waals surface area (Å²) >= 11 is 0. The lowest BCUT2D eigenvalue weighted by molar-refractivity contribution is -0.104. The fourth-order valence-corrected chi connectivity index (χ4v) is 0.418. The van der Waals surface area contributed by atoms with Crippen LogP contribution in [0.1, 0.15) is 27.2 Å². The van der Waals surface area contributed by atoms with E-state index in [4.69, 9.17) is 0 Å². The van der Waals surface area contributed by atoms with E-state index in [1.54, 1.807) is 6.08 Å². The second-order valence-corrected chi connectivity index (χ2v) is 2.84. The van der Waals surface area contributed by atoms with Gasteiger partial charge in [0.2, 0.25) is 0 Å². The second kappa shape index (κ2) is 3.44. The Labute approximate surface area is 56.8 Å². The van der Waals surface area contributed by atoms with Gasteiger partial charge in [-0.05, 0) is 17.9 Å². The molecule has 0 saturated heterocycles. The summed E-state index contributed by atoms with van der Waals surface area (Å²) in [5.41, 5.74) is 0.181. The van der Waals surface area contributed by atoms with Crippen LogP contribution in [0.5, 0.6) is 0 Å². The zero-order chi connectivity index (χ0) is 7.33. The van der Waals surface area contributed by atoms with Crippen LogP contribution in [0.4, 0.5) is 0 Å². The maximum absolute atomic E-state index is 9.88. The van der Waals surface area contributed by atoms with Crippen molar-refractivity contribution in [2.75, 3.05) is 0 Å². The third kappa shape index (κ3) is 3.95. The number of allylic oxidation sites excluding steroid dienone is 2. The minimum Gasteiger partial charge on any atom is -0.299 e. The topological polar surface area (TPSA) is 17.1 Å². The van der Waals surface area contributed by atoms with Crippen molar-refractivity contribution in [3.63, 3.8) is 0 Å². The number of carbonyl (C=O) groups excluding carboxylic acids is 1. The summed E-state index contributed by atoms with van der Waals surface area (Å²) in [6.07, 6.45) is 5.37. The van der Waals surface area contributed by atoms with Gasteiger partial charge in [0.25, 0.3) is 0 Å². The van der Waals surface area contributed by atoms with Crippen molar-refractivity contribution >= 4 is 6.29 Å². The van der Waals surface area contributed by atoms with E-state index in [0.29, 0.717) is 0 Å². The first-order valence-corrected chi connectivity index (χ1v) is 3.25. The summed E-state index contributed by atoms with van der Waals surface area (Å²) in [6.45, 7) is 6.31. The first-order valence-electron chi connectivity index (χ1n) is 3.25. The van der Waals surface area contributed by atoms with Crippen LogP contribution < -0.4 is 0 Å². The smallest absolute Gasteiger partial charge is 0.142 e. The zero-order valence-corrected chi connectivity index (χ0v) is 6.35. The Balaban J connectivity index is 3.84. The highest BCUT2D eigenvalue weighted by atomic mass is 16.1. The average molecular weight is 126 g/mol. The first-order chi connectivity index (χ1) is 4.12. The highest BCUT2D eigenvalue weighted by Gasteiger charge is 2.08. The van der Waals surface area contributed by atoms with Gasteiger partial charge in [0.15, 0.2) is 0 Å². The fraction of sp³-hybridized carbons (Fsp3) is 0.625. The van der Waals surface area contributed by atoms with Crippen molar-refractivity contribution in [1.82, 2.24) is 0 Å². The second-order valence-electron chi connectivity index (χ2n) is 2.84. The minimum absolute atomic E-state index is 0.181. The summed E-state index contributed by atoms with van der Waals surface area (Å²) < 4.78 is 0. The molecule has 0 fully saturated rings. The van der Waals surface area contributed by atoms with Crippen molar-refractivity contribution in [2.24, 2.45) is 5.41 Å². The van der Waals surface area contributed by atoms with Crippen molar-refractivity contribution < 1.29 is 4.79 Å². The molecule has 0 rings (SSSR count). The molecule has 0 radical (unpaired) electrons. The summed E-state index contributed by atoms with van der Waals surface area (Å²) in [6, 6.07) is 0. The normalized spacial score (nSPS) is 12.3. The lowest BCUT2D eigenvalue weighted by Gasteiger charge is -2.15. The summed E-state index contributed by atoms with van der Waals surface area (Å²) in [5, 5.41) is 0. The predicted octanol–water partition coefficient (Wildman–Crippen LogP) is 2.18. The highest BCUT2D eigenvalue weighted by molar-refractivity contribution is 5.64. The van der Waals surface area contributed by atoms with Gasteiger partial charge < -0.3 is 0 Å². The van der Waals surface area contributed by atoms with E-state index in [1.165, 1.54) is 0 Å². The van der Waals surface area contributed by atoms with Gasteiger partial charge in [-0.25, -0.2) is 0 Å². The quantitative estimate of drug-likeness (QED) is 0.418. The first kappa shape index (κ1) is 8.41. The molecule has 0 unspecified atom stereocenters. The largest absolute Gasteiger partial charge is 0.299 e. The molecular formula is C8H14O. The Kier molecular flexibility index (Phi) is 3.21. The van der Waals surface area contributed by atoms with Crippen LogP contribution in [0.2, 0.25) is 0 Å². The Morgan fingerprint density at radius 3 is 2.33 bits per heavy atom. The van der Waals surface area contributed by atoms with Crippen LogP contribution in [-0.2, 0) is 4.79 Å². The Bertz CT molecular complexity index is 112. The van der Waals surface area contributed by atoms with E-state index in [0.717, 1.165) is 12.7 Å². The highest BCUT2D eigenvalue weighted by Crippen LogP contribution is 2.20. The molecule has 0 aromatic rings. The Morgan fingerprint density at radius 2 is 2.00 bits per heavy atom. The third-order valence-electron chi connectivity index (χ3n) is 1.54. The zero-order valence-electron chi connectivity index (χ0n) is 6.35. The van der Waals surface area contributed by atoms with E-state index in [9.17, 15) is 4.79 Å². The number of carbonyl (C=O) groups is 1. The van der Waals surface area contributed by atoms with Crippen LogP contribution >= 0.6 is 0 Å².